The molecule has 30 heavy (non-hydrogen) atoms. The number of benzene rings is 1. The van der Waals surface area contributed by atoms with Gasteiger partial charge in [0.15, 0.2) is 5.96 Å². The van der Waals surface area contributed by atoms with Crippen LogP contribution >= 0.6 is 0 Å². The Morgan fingerprint density at radius 1 is 1.20 bits per heavy atom. The summed E-state index contributed by atoms with van der Waals surface area (Å²) in [6, 6.07) is 6.06. The molecule has 0 radical (unpaired) electrons. The van der Waals surface area contributed by atoms with E-state index in [4.69, 9.17) is 0 Å². The Morgan fingerprint density at radius 3 is 2.63 bits per heavy atom. The van der Waals surface area contributed by atoms with Crippen molar-refractivity contribution in [3.63, 3.8) is 0 Å². The molecule has 1 amide bonds. The lowest BCUT2D eigenvalue weighted by Gasteiger charge is -2.26. The molecule has 1 saturated heterocycles. The Labute approximate surface area is 174 Å². The molecule has 0 spiro atoms. The molecular weight excluding hydrogens is 397 g/mol. The number of hydrogen-bond donors (Lipinski definition) is 2. The number of aliphatic imine (C=N–C) groups is 1. The molecule has 1 aromatic carbocycles. The fraction of sp³-hybridized carbons (Fsp3) is 0.619. The van der Waals surface area contributed by atoms with Crippen LogP contribution in [0.3, 0.4) is 0 Å². The lowest BCUT2D eigenvalue weighted by molar-refractivity contribution is -0.274. The fourth-order valence-electron chi connectivity index (χ4n) is 4.13. The number of amides is 1. The summed E-state index contributed by atoms with van der Waals surface area (Å²) < 4.78 is 41.8. The average molecular weight is 426 g/mol. The lowest BCUT2D eigenvalue weighted by Crippen LogP contribution is -2.45. The second kappa shape index (κ2) is 10.0. The van der Waals surface area contributed by atoms with E-state index in [0.717, 1.165) is 32.1 Å². The Hall–Kier alpha value is -2.45. The van der Waals surface area contributed by atoms with E-state index in [1.807, 2.05) is 4.90 Å². The highest BCUT2D eigenvalue weighted by atomic mass is 19.4. The molecule has 1 heterocycles. The predicted molar refractivity (Wildman–Crippen MR) is 108 cm³/mol. The summed E-state index contributed by atoms with van der Waals surface area (Å²) >= 11 is 0. The fourth-order valence-corrected chi connectivity index (χ4v) is 4.13. The molecule has 1 saturated carbocycles. The van der Waals surface area contributed by atoms with Crippen molar-refractivity contribution in [2.75, 3.05) is 20.1 Å². The number of carbonyl (C=O) groups excluding carboxylic acids is 1. The number of alkyl halides is 3. The average Bonchev–Trinajstić information content (AvgIpc) is 3.19. The van der Waals surface area contributed by atoms with Gasteiger partial charge in [-0.2, -0.15) is 0 Å². The maximum absolute atomic E-state index is 12.7. The number of para-hydroxylation sites is 1. The van der Waals surface area contributed by atoms with Gasteiger partial charge in [0.05, 0.1) is 0 Å². The third kappa shape index (κ3) is 6.27. The Bertz CT molecular complexity index is 748. The minimum Gasteiger partial charge on any atom is -0.405 e. The van der Waals surface area contributed by atoms with E-state index >= 15 is 0 Å². The first-order valence-electron chi connectivity index (χ1n) is 10.5. The first-order valence-corrected chi connectivity index (χ1v) is 10.5. The van der Waals surface area contributed by atoms with E-state index in [1.165, 1.54) is 18.6 Å². The first-order chi connectivity index (χ1) is 14.4. The quantitative estimate of drug-likeness (QED) is 0.559. The zero-order valence-electron chi connectivity index (χ0n) is 17.2. The number of guanidine groups is 1. The van der Waals surface area contributed by atoms with E-state index in [0.29, 0.717) is 24.6 Å². The van der Waals surface area contributed by atoms with Gasteiger partial charge in [-0.05, 0) is 25.3 Å². The van der Waals surface area contributed by atoms with Gasteiger partial charge in [-0.25, -0.2) is 0 Å². The molecule has 6 nitrogen and oxygen atoms in total. The van der Waals surface area contributed by atoms with Gasteiger partial charge >= 0.3 is 6.36 Å². The summed E-state index contributed by atoms with van der Waals surface area (Å²) in [4.78, 5) is 18.8. The maximum Gasteiger partial charge on any atom is 0.573 e. The molecule has 1 aliphatic heterocycles. The second-order valence-corrected chi connectivity index (χ2v) is 7.83. The molecule has 2 fully saturated rings. The Kier molecular flexibility index (Phi) is 7.44. The zero-order valence-corrected chi connectivity index (χ0v) is 17.2. The van der Waals surface area contributed by atoms with Crippen LogP contribution in [0.1, 0.15) is 44.1 Å². The second-order valence-electron chi connectivity index (χ2n) is 7.83. The number of likely N-dealkylation sites (tertiary alicyclic amines) is 1. The van der Waals surface area contributed by atoms with Crippen molar-refractivity contribution in [1.82, 2.24) is 15.5 Å². The van der Waals surface area contributed by atoms with Crippen LogP contribution in [0.4, 0.5) is 13.2 Å². The Balaban J connectivity index is 1.50. The van der Waals surface area contributed by atoms with Gasteiger partial charge in [0.25, 0.3) is 0 Å². The van der Waals surface area contributed by atoms with Gasteiger partial charge in [-0.3, -0.25) is 9.79 Å². The standard InChI is InChI=1S/C21H29F3N4O2/c1-25-20(26-13-16-9-5-6-10-18(16)30-21(22,23)24)27-17-11-12-28(14-17)19(29)15-7-3-2-4-8-15/h5-6,9-10,15,17H,2-4,7-8,11-14H2,1H3,(H2,25,26,27). The summed E-state index contributed by atoms with van der Waals surface area (Å²) in [6.45, 7) is 1.46. The van der Waals surface area contributed by atoms with Gasteiger partial charge in [-0.1, -0.05) is 37.5 Å². The normalized spacial score (nSPS) is 20.9. The van der Waals surface area contributed by atoms with Gasteiger partial charge < -0.3 is 20.3 Å². The zero-order chi connectivity index (χ0) is 21.6. The Morgan fingerprint density at radius 2 is 1.93 bits per heavy atom. The van der Waals surface area contributed by atoms with Crippen molar-refractivity contribution in [1.29, 1.82) is 0 Å². The molecule has 9 heteroatoms. The molecule has 0 aromatic heterocycles. The number of nitrogens with zero attached hydrogens (tertiary/aromatic N) is 2. The molecule has 2 N–H and O–H groups in total. The van der Waals surface area contributed by atoms with Gasteiger partial charge in [-0.15, -0.1) is 13.2 Å². The number of rotatable bonds is 5. The summed E-state index contributed by atoms with van der Waals surface area (Å²) in [5, 5.41) is 6.31. The number of halogens is 3. The van der Waals surface area contributed by atoms with Crippen LogP contribution in [-0.4, -0.2) is 49.3 Å². The minimum absolute atomic E-state index is 0.0606. The summed E-state index contributed by atoms with van der Waals surface area (Å²) in [7, 11) is 1.60. The van der Waals surface area contributed by atoms with Gasteiger partial charge in [0.2, 0.25) is 5.91 Å². The summed E-state index contributed by atoms with van der Waals surface area (Å²) in [5.41, 5.74) is 0.373. The third-order valence-electron chi connectivity index (χ3n) is 5.66. The number of carbonyl (C=O) groups is 1. The SMILES string of the molecule is CN=C(NCc1ccccc1OC(F)(F)F)NC1CCN(C(=O)C2CCCCC2)C1. The summed E-state index contributed by atoms with van der Waals surface area (Å²) in [6.07, 6.45) is 1.50. The molecule has 0 bridgehead atoms. The molecule has 1 aromatic rings. The smallest absolute Gasteiger partial charge is 0.405 e. The van der Waals surface area contributed by atoms with E-state index in [2.05, 4.69) is 20.4 Å². The van der Waals surface area contributed by atoms with Crippen molar-refractivity contribution >= 4 is 11.9 Å². The van der Waals surface area contributed by atoms with Crippen LogP contribution in [-0.2, 0) is 11.3 Å². The van der Waals surface area contributed by atoms with Crippen molar-refractivity contribution in [3.05, 3.63) is 29.8 Å². The van der Waals surface area contributed by atoms with E-state index in [9.17, 15) is 18.0 Å². The number of hydrogen-bond acceptors (Lipinski definition) is 3. The van der Waals surface area contributed by atoms with Crippen LogP contribution in [0.2, 0.25) is 0 Å². The molecule has 1 atom stereocenters. The van der Waals surface area contributed by atoms with E-state index < -0.39 is 6.36 Å². The highest BCUT2D eigenvalue weighted by Crippen LogP contribution is 2.27. The van der Waals surface area contributed by atoms with Gasteiger partial charge in [0, 0.05) is 44.2 Å². The molecule has 1 aliphatic carbocycles. The molecule has 166 valence electrons. The number of nitrogens with one attached hydrogen (secondary N) is 2. The minimum atomic E-state index is -4.74. The maximum atomic E-state index is 12.7. The van der Waals surface area contributed by atoms with Crippen LogP contribution in [0.5, 0.6) is 5.75 Å². The molecular formula is C21H29F3N4O2. The van der Waals surface area contributed by atoms with E-state index in [-0.39, 0.29) is 30.2 Å². The highest BCUT2D eigenvalue weighted by Gasteiger charge is 2.33. The van der Waals surface area contributed by atoms with Crippen LogP contribution in [0.25, 0.3) is 0 Å². The highest BCUT2D eigenvalue weighted by molar-refractivity contribution is 5.81. The molecule has 3 rings (SSSR count). The van der Waals surface area contributed by atoms with Crippen molar-refractivity contribution < 1.29 is 22.7 Å². The number of ether oxygens (including phenoxy) is 1. The van der Waals surface area contributed by atoms with Crippen LogP contribution in [0.15, 0.2) is 29.3 Å². The first kappa shape index (κ1) is 22.2. The van der Waals surface area contributed by atoms with Crippen molar-refractivity contribution in [2.45, 2.75) is 57.5 Å². The lowest BCUT2D eigenvalue weighted by atomic mass is 9.88. The van der Waals surface area contributed by atoms with Crippen molar-refractivity contribution in [2.24, 2.45) is 10.9 Å². The van der Waals surface area contributed by atoms with E-state index in [1.54, 1.807) is 19.2 Å². The topological polar surface area (TPSA) is 66.0 Å². The van der Waals surface area contributed by atoms with Crippen molar-refractivity contribution in [3.8, 4) is 5.75 Å². The summed E-state index contributed by atoms with van der Waals surface area (Å²) in [5.74, 6) is 0.645. The van der Waals surface area contributed by atoms with Gasteiger partial charge in [0.1, 0.15) is 5.75 Å². The molecule has 1 unspecified atom stereocenters. The third-order valence-corrected chi connectivity index (χ3v) is 5.66. The van der Waals surface area contributed by atoms with Crippen LogP contribution < -0.4 is 15.4 Å². The monoisotopic (exact) mass is 426 g/mol. The largest absolute Gasteiger partial charge is 0.573 e. The molecule has 2 aliphatic rings. The predicted octanol–water partition coefficient (Wildman–Crippen LogP) is 3.43. The van der Waals surface area contributed by atoms with Crippen LogP contribution in [0, 0.1) is 5.92 Å².